The van der Waals surface area contributed by atoms with Crippen LogP contribution in [-0.2, 0) is 9.59 Å². The van der Waals surface area contributed by atoms with Crippen molar-refractivity contribution in [3.05, 3.63) is 64.6 Å². The molecule has 2 amide bonds. The van der Waals surface area contributed by atoms with Gasteiger partial charge in [-0.1, -0.05) is 48.2 Å². The van der Waals surface area contributed by atoms with Crippen LogP contribution in [0.15, 0.2) is 53.4 Å². The molecule has 1 aliphatic heterocycles. The van der Waals surface area contributed by atoms with Crippen molar-refractivity contribution in [1.29, 1.82) is 0 Å². The molecule has 1 aliphatic rings. The molecule has 0 saturated carbocycles. The first kappa shape index (κ1) is 20.1. The zero-order valence-corrected chi connectivity index (χ0v) is 17.2. The molecule has 0 aromatic heterocycles. The van der Waals surface area contributed by atoms with Gasteiger partial charge >= 0.3 is 0 Å². The summed E-state index contributed by atoms with van der Waals surface area (Å²) < 4.78 is 5.67. The van der Waals surface area contributed by atoms with Gasteiger partial charge in [0.1, 0.15) is 10.1 Å². The molecule has 0 bridgehead atoms. The lowest BCUT2D eigenvalue weighted by Gasteiger charge is -2.14. The molecule has 2 aromatic carbocycles. The number of carbonyl (C=O) groups excluding carboxylic acids is 2. The van der Waals surface area contributed by atoms with Crippen molar-refractivity contribution < 1.29 is 14.3 Å². The lowest BCUT2D eigenvalue weighted by Crippen LogP contribution is -2.31. The molecule has 144 valence electrons. The summed E-state index contributed by atoms with van der Waals surface area (Å²) in [6, 6.07) is 15.0. The van der Waals surface area contributed by atoms with E-state index < -0.39 is 0 Å². The predicted molar refractivity (Wildman–Crippen MR) is 117 cm³/mol. The Kier molecular flexibility index (Phi) is 6.49. The highest BCUT2D eigenvalue weighted by atomic mass is 32.2. The minimum absolute atomic E-state index is 0.156. The number of amides is 2. The standard InChI is InChI=1S/C21H20N2O3S2/c1-14-5-3-7-16(11-14)22-19(24)9-10-23-20(25)18(28-21(23)27)13-15-6-4-8-17(12-15)26-2/h3-8,11-13H,9-10H2,1-2H3,(H,22,24)/b18-13+. The van der Waals surface area contributed by atoms with Gasteiger partial charge in [-0.05, 0) is 48.4 Å². The molecule has 1 heterocycles. The van der Waals surface area contributed by atoms with Crippen molar-refractivity contribution >= 4 is 51.9 Å². The summed E-state index contributed by atoms with van der Waals surface area (Å²) >= 11 is 6.57. The number of ether oxygens (including phenoxy) is 1. The summed E-state index contributed by atoms with van der Waals surface area (Å²) in [6.45, 7) is 2.21. The van der Waals surface area contributed by atoms with Crippen molar-refractivity contribution in [3.8, 4) is 5.75 Å². The summed E-state index contributed by atoms with van der Waals surface area (Å²) in [7, 11) is 1.60. The van der Waals surface area contributed by atoms with Crippen LogP contribution in [-0.4, -0.2) is 34.7 Å². The Balaban J connectivity index is 1.62. The number of methoxy groups -OCH3 is 1. The Morgan fingerprint density at radius 1 is 1.25 bits per heavy atom. The molecule has 1 fully saturated rings. The maximum atomic E-state index is 12.7. The number of anilines is 1. The van der Waals surface area contributed by atoms with Crippen LogP contribution < -0.4 is 10.1 Å². The number of rotatable bonds is 6. The van der Waals surface area contributed by atoms with Crippen LogP contribution in [0.1, 0.15) is 17.5 Å². The van der Waals surface area contributed by atoms with Crippen molar-refractivity contribution in [2.75, 3.05) is 19.0 Å². The topological polar surface area (TPSA) is 58.6 Å². The van der Waals surface area contributed by atoms with E-state index in [-0.39, 0.29) is 24.8 Å². The zero-order chi connectivity index (χ0) is 20.1. The second kappa shape index (κ2) is 9.03. The summed E-state index contributed by atoms with van der Waals surface area (Å²) in [4.78, 5) is 26.9. The number of carbonyl (C=O) groups is 2. The number of nitrogens with zero attached hydrogens (tertiary/aromatic N) is 1. The van der Waals surface area contributed by atoms with E-state index in [2.05, 4.69) is 5.32 Å². The molecule has 0 aliphatic carbocycles. The van der Waals surface area contributed by atoms with E-state index in [0.717, 1.165) is 22.6 Å². The lowest BCUT2D eigenvalue weighted by atomic mass is 10.2. The van der Waals surface area contributed by atoms with Crippen molar-refractivity contribution in [2.24, 2.45) is 0 Å². The Hall–Kier alpha value is -2.64. The average molecular weight is 413 g/mol. The molecule has 7 heteroatoms. The molecule has 5 nitrogen and oxygen atoms in total. The molecule has 0 radical (unpaired) electrons. The third-order valence-corrected chi connectivity index (χ3v) is 5.51. The van der Waals surface area contributed by atoms with Crippen LogP contribution in [0.5, 0.6) is 5.75 Å². The molecular weight excluding hydrogens is 392 g/mol. The number of hydrogen-bond acceptors (Lipinski definition) is 5. The Morgan fingerprint density at radius 3 is 2.79 bits per heavy atom. The van der Waals surface area contributed by atoms with Gasteiger partial charge in [-0.3, -0.25) is 14.5 Å². The SMILES string of the molecule is COc1cccc(/C=C2/SC(=S)N(CCC(=O)Nc3cccc(C)c3)C2=O)c1. The normalized spacial score (nSPS) is 15.2. The molecule has 3 rings (SSSR count). The number of hydrogen-bond donors (Lipinski definition) is 1. The maximum Gasteiger partial charge on any atom is 0.266 e. The number of benzene rings is 2. The molecule has 1 saturated heterocycles. The third kappa shape index (κ3) is 4.99. The van der Waals surface area contributed by atoms with E-state index in [1.165, 1.54) is 16.7 Å². The minimum atomic E-state index is -0.179. The summed E-state index contributed by atoms with van der Waals surface area (Å²) in [5.74, 6) is 0.384. The number of thiocarbonyl (C=S) groups is 1. The van der Waals surface area contributed by atoms with E-state index >= 15 is 0 Å². The van der Waals surface area contributed by atoms with Crippen molar-refractivity contribution in [1.82, 2.24) is 4.90 Å². The van der Waals surface area contributed by atoms with Gasteiger partial charge in [-0.2, -0.15) is 0 Å². The van der Waals surface area contributed by atoms with Crippen molar-refractivity contribution in [2.45, 2.75) is 13.3 Å². The fraction of sp³-hybridized carbons (Fsp3) is 0.190. The van der Waals surface area contributed by atoms with Gasteiger partial charge in [-0.15, -0.1) is 0 Å². The highest BCUT2D eigenvalue weighted by molar-refractivity contribution is 8.26. The Morgan fingerprint density at radius 2 is 2.04 bits per heavy atom. The van der Waals surface area contributed by atoms with E-state index in [1.807, 2.05) is 55.5 Å². The van der Waals surface area contributed by atoms with E-state index in [0.29, 0.717) is 9.23 Å². The number of thioether (sulfide) groups is 1. The molecule has 28 heavy (non-hydrogen) atoms. The van der Waals surface area contributed by atoms with Gasteiger partial charge in [0.15, 0.2) is 0 Å². The van der Waals surface area contributed by atoms with Gasteiger partial charge in [0.2, 0.25) is 5.91 Å². The average Bonchev–Trinajstić information content (AvgIpc) is 2.93. The molecular formula is C21H20N2O3S2. The summed E-state index contributed by atoms with van der Waals surface area (Å²) in [5.41, 5.74) is 2.67. The Bertz CT molecular complexity index is 956. The van der Waals surface area contributed by atoms with Crippen LogP contribution in [0.2, 0.25) is 0 Å². The van der Waals surface area contributed by atoms with E-state index in [4.69, 9.17) is 17.0 Å². The first-order chi connectivity index (χ1) is 13.5. The van der Waals surface area contributed by atoms with Crippen LogP contribution in [0.3, 0.4) is 0 Å². The van der Waals surface area contributed by atoms with Crippen LogP contribution >= 0.6 is 24.0 Å². The monoisotopic (exact) mass is 412 g/mol. The minimum Gasteiger partial charge on any atom is -0.497 e. The first-order valence-corrected chi connectivity index (χ1v) is 9.94. The summed E-state index contributed by atoms with van der Waals surface area (Å²) in [5, 5.41) is 2.84. The largest absolute Gasteiger partial charge is 0.497 e. The Labute approximate surface area is 173 Å². The van der Waals surface area contributed by atoms with Gasteiger partial charge < -0.3 is 10.1 Å². The molecule has 0 unspecified atom stereocenters. The fourth-order valence-electron chi connectivity index (χ4n) is 2.74. The highest BCUT2D eigenvalue weighted by Crippen LogP contribution is 2.33. The second-order valence-electron chi connectivity index (χ2n) is 6.28. The number of nitrogens with one attached hydrogen (secondary N) is 1. The van der Waals surface area contributed by atoms with Crippen LogP contribution in [0, 0.1) is 6.92 Å². The summed E-state index contributed by atoms with van der Waals surface area (Å²) in [6.07, 6.45) is 1.96. The van der Waals surface area contributed by atoms with Gasteiger partial charge in [0, 0.05) is 18.7 Å². The molecule has 0 atom stereocenters. The number of aryl methyl sites for hydroxylation is 1. The van der Waals surface area contributed by atoms with E-state index in [9.17, 15) is 9.59 Å². The lowest BCUT2D eigenvalue weighted by molar-refractivity contribution is -0.122. The van der Waals surface area contributed by atoms with Gasteiger partial charge in [0.05, 0.1) is 12.0 Å². The van der Waals surface area contributed by atoms with Crippen molar-refractivity contribution in [3.63, 3.8) is 0 Å². The van der Waals surface area contributed by atoms with Crippen LogP contribution in [0.25, 0.3) is 6.08 Å². The molecule has 1 N–H and O–H groups in total. The quantitative estimate of drug-likeness (QED) is 0.568. The third-order valence-electron chi connectivity index (χ3n) is 4.13. The highest BCUT2D eigenvalue weighted by Gasteiger charge is 2.32. The second-order valence-corrected chi connectivity index (χ2v) is 7.95. The smallest absolute Gasteiger partial charge is 0.266 e. The molecule has 2 aromatic rings. The predicted octanol–water partition coefficient (Wildman–Crippen LogP) is 4.23. The fourth-order valence-corrected chi connectivity index (χ4v) is 4.04. The zero-order valence-electron chi connectivity index (χ0n) is 15.6. The van der Waals surface area contributed by atoms with Gasteiger partial charge in [0.25, 0.3) is 5.91 Å². The van der Waals surface area contributed by atoms with Crippen LogP contribution in [0.4, 0.5) is 5.69 Å². The first-order valence-electron chi connectivity index (χ1n) is 8.72. The van der Waals surface area contributed by atoms with Gasteiger partial charge in [-0.25, -0.2) is 0 Å². The van der Waals surface area contributed by atoms with E-state index in [1.54, 1.807) is 13.2 Å². The molecule has 0 spiro atoms. The maximum absolute atomic E-state index is 12.7.